The Morgan fingerprint density at radius 3 is 2.79 bits per heavy atom. The van der Waals surface area contributed by atoms with Crippen LogP contribution in [-0.4, -0.2) is 48.8 Å². The van der Waals surface area contributed by atoms with Gasteiger partial charge in [0.25, 0.3) is 0 Å². The van der Waals surface area contributed by atoms with Gasteiger partial charge in [-0.15, -0.1) is 24.2 Å². The molecule has 1 saturated heterocycles. The second kappa shape index (κ2) is 8.71. The zero-order valence-corrected chi connectivity index (χ0v) is 15.7. The van der Waals surface area contributed by atoms with E-state index in [-0.39, 0.29) is 23.7 Å². The number of methoxy groups -OCH3 is 1. The zero-order chi connectivity index (χ0) is 16.2. The van der Waals surface area contributed by atoms with Gasteiger partial charge in [-0.25, -0.2) is 0 Å². The Morgan fingerprint density at radius 1 is 1.38 bits per heavy atom. The van der Waals surface area contributed by atoms with Gasteiger partial charge in [-0.05, 0) is 38.2 Å². The van der Waals surface area contributed by atoms with Crippen LogP contribution >= 0.6 is 24.2 Å². The molecule has 8 heteroatoms. The molecule has 2 unspecified atom stereocenters. The highest BCUT2D eigenvalue weighted by Gasteiger charge is 2.26. The summed E-state index contributed by atoms with van der Waals surface area (Å²) in [5, 5.41) is 7.65. The molecule has 24 heavy (non-hydrogen) atoms. The van der Waals surface area contributed by atoms with E-state index in [4.69, 9.17) is 9.26 Å². The third kappa shape index (κ3) is 4.42. The van der Waals surface area contributed by atoms with Crippen molar-refractivity contribution in [3.05, 3.63) is 36.0 Å². The van der Waals surface area contributed by atoms with E-state index in [9.17, 15) is 0 Å². The van der Waals surface area contributed by atoms with Crippen LogP contribution in [0, 0.1) is 0 Å². The van der Waals surface area contributed by atoms with Crippen molar-refractivity contribution in [3.8, 4) is 5.75 Å². The lowest BCUT2D eigenvalue weighted by Crippen LogP contribution is -2.44. The summed E-state index contributed by atoms with van der Waals surface area (Å²) in [5.41, 5.74) is 0. The molecule has 1 N–H and O–H groups in total. The monoisotopic (exact) mass is 370 g/mol. The second-order valence-corrected chi connectivity index (χ2v) is 7.04. The van der Waals surface area contributed by atoms with Gasteiger partial charge < -0.3 is 14.6 Å². The maximum absolute atomic E-state index is 5.48. The summed E-state index contributed by atoms with van der Waals surface area (Å²) in [6, 6.07) is 8.17. The van der Waals surface area contributed by atoms with E-state index in [1.54, 1.807) is 18.9 Å². The highest BCUT2D eigenvalue weighted by Crippen LogP contribution is 2.35. The van der Waals surface area contributed by atoms with Crippen molar-refractivity contribution < 1.29 is 9.26 Å². The van der Waals surface area contributed by atoms with Gasteiger partial charge in [-0.2, -0.15) is 4.98 Å². The Kier molecular flexibility index (Phi) is 6.91. The number of halogens is 1. The largest absolute Gasteiger partial charge is 0.497 e. The van der Waals surface area contributed by atoms with Crippen LogP contribution in [0.4, 0.5) is 0 Å². The average Bonchev–Trinajstić information content (AvgIpc) is 3.06. The molecule has 1 aliphatic rings. The van der Waals surface area contributed by atoms with Gasteiger partial charge in [-0.3, -0.25) is 4.90 Å². The maximum atomic E-state index is 5.48. The molecule has 132 valence electrons. The van der Waals surface area contributed by atoms with Crippen LogP contribution in [0.2, 0.25) is 0 Å². The molecule has 6 nitrogen and oxygen atoms in total. The molecule has 0 aliphatic carbocycles. The number of ether oxygens (including phenoxy) is 1. The maximum Gasteiger partial charge on any atom is 0.239 e. The Morgan fingerprint density at radius 2 is 2.12 bits per heavy atom. The molecular formula is C16H23ClN4O2S. The van der Waals surface area contributed by atoms with E-state index >= 15 is 0 Å². The second-order valence-electron chi connectivity index (χ2n) is 5.63. The minimum atomic E-state index is 0. The number of piperazine rings is 1. The first-order valence-electron chi connectivity index (χ1n) is 7.72. The fourth-order valence-corrected chi connectivity index (χ4v) is 3.45. The number of nitrogens with zero attached hydrogens (tertiary/aromatic N) is 3. The van der Waals surface area contributed by atoms with Crippen molar-refractivity contribution >= 4 is 24.2 Å². The molecule has 2 aromatic rings. The summed E-state index contributed by atoms with van der Waals surface area (Å²) in [7, 11) is 3.76. The Bertz CT molecular complexity index is 637. The van der Waals surface area contributed by atoms with E-state index in [1.165, 1.54) is 0 Å². The summed E-state index contributed by atoms with van der Waals surface area (Å²) in [6.07, 6.45) is 0. The quantitative estimate of drug-likeness (QED) is 0.812. The van der Waals surface area contributed by atoms with Gasteiger partial charge in [0, 0.05) is 24.5 Å². The number of likely N-dealkylation sites (N-methyl/N-ethyl adjacent to an activating group) is 1. The first-order valence-corrected chi connectivity index (χ1v) is 8.60. The standard InChI is InChI=1S/C16H22N4O2S.ClH/c1-11(23-13-6-4-12(21-3)5-7-13)16-18-15(19-22-16)14-10-17-8-9-20(14)2;/h4-7,11,14,17H,8-10H2,1-3H3;1H. The molecule has 0 radical (unpaired) electrons. The van der Waals surface area contributed by atoms with Gasteiger partial charge >= 0.3 is 0 Å². The molecule has 1 aromatic heterocycles. The molecule has 0 bridgehead atoms. The van der Waals surface area contributed by atoms with E-state index in [0.717, 1.165) is 36.1 Å². The molecular weight excluding hydrogens is 348 g/mol. The molecule has 2 heterocycles. The Hall–Kier alpha value is -1.28. The van der Waals surface area contributed by atoms with Crippen LogP contribution in [0.1, 0.15) is 29.9 Å². The molecule has 1 aliphatic heterocycles. The number of hydrogen-bond donors (Lipinski definition) is 1. The third-order valence-electron chi connectivity index (χ3n) is 3.99. The third-order valence-corrected chi connectivity index (χ3v) is 5.09. The molecule has 0 amide bonds. The van der Waals surface area contributed by atoms with Crippen molar-refractivity contribution in [1.82, 2.24) is 20.4 Å². The SMILES string of the molecule is COc1ccc(SC(C)c2nc(C3CNCCN3C)no2)cc1.Cl. The topological polar surface area (TPSA) is 63.4 Å². The van der Waals surface area contributed by atoms with Crippen LogP contribution in [0.15, 0.2) is 33.7 Å². The van der Waals surface area contributed by atoms with Gasteiger partial charge in [0.2, 0.25) is 5.89 Å². The van der Waals surface area contributed by atoms with Crippen LogP contribution < -0.4 is 10.1 Å². The fraction of sp³-hybridized carbons (Fsp3) is 0.500. The average molecular weight is 371 g/mol. The van der Waals surface area contributed by atoms with Gasteiger partial charge in [0.05, 0.1) is 18.4 Å². The summed E-state index contributed by atoms with van der Waals surface area (Å²) in [5.74, 6) is 2.28. The molecule has 0 saturated carbocycles. The van der Waals surface area contributed by atoms with E-state index in [1.807, 2.05) is 24.3 Å². The number of nitrogens with one attached hydrogen (secondary N) is 1. The van der Waals surface area contributed by atoms with Gasteiger partial charge in [-0.1, -0.05) is 5.16 Å². The van der Waals surface area contributed by atoms with Crippen molar-refractivity contribution in [2.24, 2.45) is 0 Å². The van der Waals surface area contributed by atoms with E-state index in [2.05, 4.69) is 34.3 Å². The van der Waals surface area contributed by atoms with Gasteiger partial charge in [0.15, 0.2) is 5.82 Å². The summed E-state index contributed by atoms with van der Waals surface area (Å²) >= 11 is 1.70. The first-order chi connectivity index (χ1) is 11.2. The summed E-state index contributed by atoms with van der Waals surface area (Å²) in [6.45, 7) is 4.93. The fourth-order valence-electron chi connectivity index (χ4n) is 2.55. The lowest BCUT2D eigenvalue weighted by Gasteiger charge is -2.30. The molecule has 1 aromatic carbocycles. The predicted octanol–water partition coefficient (Wildman–Crippen LogP) is 2.93. The number of benzene rings is 1. The lowest BCUT2D eigenvalue weighted by atomic mass is 10.2. The van der Waals surface area contributed by atoms with Crippen molar-refractivity contribution in [2.45, 2.75) is 23.1 Å². The normalized spacial score (nSPS) is 19.5. The molecule has 1 fully saturated rings. The zero-order valence-electron chi connectivity index (χ0n) is 14.1. The molecule has 0 spiro atoms. The number of rotatable bonds is 5. The molecule has 2 atom stereocenters. The van der Waals surface area contributed by atoms with Crippen LogP contribution in [-0.2, 0) is 0 Å². The van der Waals surface area contributed by atoms with E-state index < -0.39 is 0 Å². The number of thioether (sulfide) groups is 1. The Labute approximate surface area is 152 Å². The van der Waals surface area contributed by atoms with Crippen LogP contribution in [0.5, 0.6) is 5.75 Å². The summed E-state index contributed by atoms with van der Waals surface area (Å²) < 4.78 is 10.7. The number of hydrogen-bond acceptors (Lipinski definition) is 7. The minimum absolute atomic E-state index is 0. The number of aromatic nitrogens is 2. The highest BCUT2D eigenvalue weighted by atomic mass is 35.5. The van der Waals surface area contributed by atoms with Crippen LogP contribution in [0.3, 0.4) is 0 Å². The minimum Gasteiger partial charge on any atom is -0.497 e. The predicted molar refractivity (Wildman–Crippen MR) is 97.1 cm³/mol. The lowest BCUT2D eigenvalue weighted by molar-refractivity contribution is 0.190. The Balaban J connectivity index is 0.00000208. The first kappa shape index (κ1) is 19.1. The highest BCUT2D eigenvalue weighted by molar-refractivity contribution is 7.99. The van der Waals surface area contributed by atoms with Crippen molar-refractivity contribution in [1.29, 1.82) is 0 Å². The van der Waals surface area contributed by atoms with Crippen molar-refractivity contribution in [3.63, 3.8) is 0 Å². The smallest absolute Gasteiger partial charge is 0.239 e. The van der Waals surface area contributed by atoms with E-state index in [0.29, 0.717) is 5.89 Å². The summed E-state index contributed by atoms with van der Waals surface area (Å²) in [4.78, 5) is 8.01. The molecule has 3 rings (SSSR count). The van der Waals surface area contributed by atoms with Gasteiger partial charge in [0.1, 0.15) is 5.75 Å². The van der Waals surface area contributed by atoms with Crippen molar-refractivity contribution in [2.75, 3.05) is 33.8 Å². The van der Waals surface area contributed by atoms with Crippen LogP contribution in [0.25, 0.3) is 0 Å².